The first-order valence-electron chi connectivity index (χ1n) is 8.64. The number of hydrogen-bond donors (Lipinski definition) is 1. The van der Waals surface area contributed by atoms with E-state index in [1.807, 2.05) is 39.0 Å². The normalized spacial score (nSPS) is 10.6. The molecule has 0 atom stereocenters. The molecule has 1 aromatic carbocycles. The Balaban J connectivity index is 1.69. The van der Waals surface area contributed by atoms with Crippen LogP contribution in [0.3, 0.4) is 0 Å². The maximum atomic E-state index is 12.8. The van der Waals surface area contributed by atoms with Gasteiger partial charge in [-0.05, 0) is 50.1 Å². The third kappa shape index (κ3) is 4.43. The Morgan fingerprint density at radius 3 is 2.78 bits per heavy atom. The molecule has 3 rings (SSSR count). The Labute approximate surface area is 161 Å². The first kappa shape index (κ1) is 18.8. The lowest BCUT2D eigenvalue weighted by Gasteiger charge is -2.23. The average molecular weight is 383 g/mol. The predicted octanol–water partition coefficient (Wildman–Crippen LogP) is 4.20. The van der Waals surface area contributed by atoms with Crippen LogP contribution in [-0.4, -0.2) is 23.3 Å². The van der Waals surface area contributed by atoms with E-state index in [2.05, 4.69) is 10.3 Å². The van der Waals surface area contributed by atoms with Crippen LogP contribution in [0.2, 0.25) is 0 Å². The maximum Gasteiger partial charge on any atom is 0.293 e. The standard InChI is InChI=1S/C20H21N3O3S/c1-4-23(16-10-13(2)7-8-14(16)3)18(24)11-15-12-27-20(21-15)22-19(25)17-6-5-9-26-17/h5-10,12H,4,11H2,1-3H3,(H,21,22,25). The van der Waals surface area contributed by atoms with E-state index in [1.165, 1.54) is 17.6 Å². The minimum atomic E-state index is -0.363. The van der Waals surface area contributed by atoms with Crippen molar-refractivity contribution in [2.24, 2.45) is 0 Å². The first-order valence-corrected chi connectivity index (χ1v) is 9.52. The van der Waals surface area contributed by atoms with Gasteiger partial charge in [-0.25, -0.2) is 4.98 Å². The Hall–Kier alpha value is -2.93. The van der Waals surface area contributed by atoms with Crippen molar-refractivity contribution in [2.45, 2.75) is 27.2 Å². The topological polar surface area (TPSA) is 75.4 Å². The molecule has 2 heterocycles. The van der Waals surface area contributed by atoms with Gasteiger partial charge in [0.15, 0.2) is 10.9 Å². The van der Waals surface area contributed by atoms with Crippen LogP contribution in [-0.2, 0) is 11.2 Å². The largest absolute Gasteiger partial charge is 0.459 e. The molecule has 2 amide bonds. The molecule has 0 unspecified atom stereocenters. The molecule has 3 aromatic rings. The number of carbonyl (C=O) groups excluding carboxylic acids is 2. The fraction of sp³-hybridized carbons (Fsp3) is 0.250. The number of aryl methyl sites for hydroxylation is 2. The molecule has 0 aliphatic heterocycles. The number of benzene rings is 1. The summed E-state index contributed by atoms with van der Waals surface area (Å²) < 4.78 is 5.06. The van der Waals surface area contributed by atoms with Gasteiger partial charge in [-0.15, -0.1) is 11.3 Å². The number of aromatic nitrogens is 1. The van der Waals surface area contributed by atoms with E-state index >= 15 is 0 Å². The second kappa shape index (κ2) is 8.18. The molecule has 0 spiro atoms. The minimum absolute atomic E-state index is 0.0274. The van der Waals surface area contributed by atoms with E-state index in [0.717, 1.165) is 16.8 Å². The third-order valence-electron chi connectivity index (χ3n) is 4.12. The fourth-order valence-corrected chi connectivity index (χ4v) is 3.46. The number of rotatable bonds is 6. The molecular formula is C20H21N3O3S. The zero-order valence-electron chi connectivity index (χ0n) is 15.5. The second-order valence-corrected chi connectivity index (χ2v) is 7.04. The highest BCUT2D eigenvalue weighted by Crippen LogP contribution is 2.23. The molecule has 0 bridgehead atoms. The van der Waals surface area contributed by atoms with Crippen molar-refractivity contribution in [3.63, 3.8) is 0 Å². The highest BCUT2D eigenvalue weighted by Gasteiger charge is 2.18. The van der Waals surface area contributed by atoms with E-state index in [0.29, 0.717) is 17.4 Å². The van der Waals surface area contributed by atoms with Gasteiger partial charge in [-0.1, -0.05) is 12.1 Å². The van der Waals surface area contributed by atoms with E-state index in [-0.39, 0.29) is 24.0 Å². The number of nitrogens with zero attached hydrogens (tertiary/aromatic N) is 2. The van der Waals surface area contributed by atoms with Crippen molar-refractivity contribution in [2.75, 3.05) is 16.8 Å². The van der Waals surface area contributed by atoms with Crippen molar-refractivity contribution in [3.8, 4) is 0 Å². The van der Waals surface area contributed by atoms with Crippen LogP contribution in [0.4, 0.5) is 10.8 Å². The number of carbonyl (C=O) groups is 2. The van der Waals surface area contributed by atoms with Crippen molar-refractivity contribution < 1.29 is 14.0 Å². The van der Waals surface area contributed by atoms with Crippen LogP contribution in [0, 0.1) is 13.8 Å². The van der Waals surface area contributed by atoms with E-state index in [9.17, 15) is 9.59 Å². The molecule has 0 fully saturated rings. The first-order chi connectivity index (χ1) is 13.0. The fourth-order valence-electron chi connectivity index (χ4n) is 2.75. The number of furan rings is 1. The summed E-state index contributed by atoms with van der Waals surface area (Å²) in [5, 5.41) is 4.90. The minimum Gasteiger partial charge on any atom is -0.459 e. The zero-order valence-corrected chi connectivity index (χ0v) is 16.3. The van der Waals surface area contributed by atoms with Gasteiger partial charge in [0.05, 0.1) is 18.4 Å². The summed E-state index contributed by atoms with van der Waals surface area (Å²) in [5.74, 6) is -0.173. The molecule has 2 aromatic heterocycles. The van der Waals surface area contributed by atoms with Gasteiger partial charge in [0.2, 0.25) is 5.91 Å². The van der Waals surface area contributed by atoms with Crippen LogP contribution < -0.4 is 10.2 Å². The van der Waals surface area contributed by atoms with Gasteiger partial charge in [0.25, 0.3) is 5.91 Å². The molecule has 1 N–H and O–H groups in total. The van der Waals surface area contributed by atoms with Gasteiger partial charge in [-0.2, -0.15) is 0 Å². The lowest BCUT2D eigenvalue weighted by molar-refractivity contribution is -0.118. The SMILES string of the molecule is CCN(C(=O)Cc1csc(NC(=O)c2ccco2)n1)c1cc(C)ccc1C. The average Bonchev–Trinajstić information content (AvgIpc) is 3.31. The van der Waals surface area contributed by atoms with Gasteiger partial charge in [-0.3, -0.25) is 14.9 Å². The van der Waals surface area contributed by atoms with Crippen molar-refractivity contribution in [3.05, 3.63) is 64.6 Å². The lowest BCUT2D eigenvalue weighted by atomic mass is 10.1. The quantitative estimate of drug-likeness (QED) is 0.692. The van der Waals surface area contributed by atoms with E-state index < -0.39 is 0 Å². The molecule has 0 aliphatic rings. The Morgan fingerprint density at radius 1 is 1.26 bits per heavy atom. The third-order valence-corrected chi connectivity index (χ3v) is 4.93. The number of hydrogen-bond acceptors (Lipinski definition) is 5. The van der Waals surface area contributed by atoms with Gasteiger partial charge in [0.1, 0.15) is 0 Å². The molecule has 6 nitrogen and oxygen atoms in total. The van der Waals surface area contributed by atoms with Crippen LogP contribution in [0.1, 0.15) is 34.3 Å². The number of nitrogens with one attached hydrogen (secondary N) is 1. The van der Waals surface area contributed by atoms with Crippen LogP contribution in [0.15, 0.2) is 46.4 Å². The second-order valence-electron chi connectivity index (χ2n) is 6.18. The van der Waals surface area contributed by atoms with E-state index in [4.69, 9.17) is 4.42 Å². The Morgan fingerprint density at radius 2 is 2.07 bits per heavy atom. The number of thiazole rings is 1. The molecule has 0 radical (unpaired) electrons. The summed E-state index contributed by atoms with van der Waals surface area (Å²) in [5.41, 5.74) is 3.71. The highest BCUT2D eigenvalue weighted by atomic mass is 32.1. The predicted molar refractivity (Wildman–Crippen MR) is 106 cm³/mol. The molecule has 0 aliphatic carbocycles. The number of amides is 2. The van der Waals surface area contributed by atoms with Crippen LogP contribution >= 0.6 is 11.3 Å². The zero-order chi connectivity index (χ0) is 19.4. The summed E-state index contributed by atoms with van der Waals surface area (Å²) in [6.45, 7) is 6.54. The lowest BCUT2D eigenvalue weighted by Crippen LogP contribution is -2.32. The monoisotopic (exact) mass is 383 g/mol. The highest BCUT2D eigenvalue weighted by molar-refractivity contribution is 7.14. The van der Waals surface area contributed by atoms with Crippen molar-refractivity contribution in [1.82, 2.24) is 4.98 Å². The smallest absolute Gasteiger partial charge is 0.293 e. The van der Waals surface area contributed by atoms with Gasteiger partial charge in [0, 0.05) is 17.6 Å². The summed E-state index contributed by atoms with van der Waals surface area (Å²) in [7, 11) is 0. The molecule has 0 saturated carbocycles. The van der Waals surface area contributed by atoms with Crippen molar-refractivity contribution in [1.29, 1.82) is 0 Å². The van der Waals surface area contributed by atoms with Crippen LogP contribution in [0.5, 0.6) is 0 Å². The van der Waals surface area contributed by atoms with Crippen LogP contribution in [0.25, 0.3) is 0 Å². The summed E-state index contributed by atoms with van der Waals surface area (Å²) in [6, 6.07) is 9.30. The van der Waals surface area contributed by atoms with Gasteiger partial charge < -0.3 is 9.32 Å². The number of anilines is 2. The molecule has 7 heteroatoms. The van der Waals surface area contributed by atoms with Gasteiger partial charge >= 0.3 is 0 Å². The Kier molecular flexibility index (Phi) is 5.71. The summed E-state index contributed by atoms with van der Waals surface area (Å²) in [4.78, 5) is 30.9. The number of likely N-dealkylation sites (N-methyl/N-ethyl adjacent to an activating group) is 1. The van der Waals surface area contributed by atoms with Crippen molar-refractivity contribution >= 4 is 34.0 Å². The Bertz CT molecular complexity index is 947. The van der Waals surface area contributed by atoms with E-state index in [1.54, 1.807) is 22.4 Å². The molecule has 27 heavy (non-hydrogen) atoms. The molecule has 0 saturated heterocycles. The summed E-state index contributed by atoms with van der Waals surface area (Å²) in [6.07, 6.45) is 1.61. The summed E-state index contributed by atoms with van der Waals surface area (Å²) >= 11 is 1.28. The maximum absolute atomic E-state index is 12.8. The molecular weight excluding hydrogens is 362 g/mol. The molecule has 140 valence electrons.